The monoisotopic (exact) mass is 263 g/mol. The van der Waals surface area contributed by atoms with Gasteiger partial charge in [-0.2, -0.15) is 0 Å². The Morgan fingerprint density at radius 1 is 1.12 bits per heavy atom. The largest absolute Gasteiger partial charge is 0.337 e. The van der Waals surface area contributed by atoms with Gasteiger partial charge in [-0.15, -0.1) is 11.6 Å². The van der Waals surface area contributed by atoms with Gasteiger partial charge in [0.15, 0.2) is 0 Å². The molecule has 0 spiro atoms. The van der Waals surface area contributed by atoms with E-state index in [0.717, 1.165) is 12.1 Å². The predicted molar refractivity (Wildman–Crippen MR) is 57.4 cm³/mol. The molecule has 3 amide bonds. The first kappa shape index (κ1) is 13.2. The smallest absolute Gasteiger partial charge is 0.306 e. The highest BCUT2D eigenvalue weighted by molar-refractivity contribution is 6.27. The maximum absolute atomic E-state index is 12.7. The number of halogens is 3. The molecule has 0 bridgehead atoms. The summed E-state index contributed by atoms with van der Waals surface area (Å²) in [5.41, 5.74) is 3.82. The SMILES string of the molecule is O=C(CCl)NNC(=O)Nc1cc(F)cc(F)c1. The molecule has 17 heavy (non-hydrogen) atoms. The van der Waals surface area contributed by atoms with Crippen LogP contribution in [-0.2, 0) is 4.79 Å². The normalized spacial score (nSPS) is 9.59. The summed E-state index contributed by atoms with van der Waals surface area (Å²) in [5, 5.41) is 2.12. The van der Waals surface area contributed by atoms with Crippen LogP contribution in [0.3, 0.4) is 0 Å². The number of hydrogen-bond donors (Lipinski definition) is 3. The summed E-state index contributed by atoms with van der Waals surface area (Å²) >= 11 is 5.15. The quantitative estimate of drug-likeness (QED) is 0.557. The Morgan fingerprint density at radius 3 is 2.24 bits per heavy atom. The second kappa shape index (κ2) is 6.00. The highest BCUT2D eigenvalue weighted by Crippen LogP contribution is 2.12. The van der Waals surface area contributed by atoms with Gasteiger partial charge in [-0.05, 0) is 12.1 Å². The van der Waals surface area contributed by atoms with Gasteiger partial charge in [0.05, 0.1) is 0 Å². The number of anilines is 1. The summed E-state index contributed by atoms with van der Waals surface area (Å²) in [7, 11) is 0. The number of carbonyl (C=O) groups is 2. The van der Waals surface area contributed by atoms with E-state index in [0.29, 0.717) is 6.07 Å². The third-order valence-corrected chi connectivity index (χ3v) is 1.80. The molecule has 1 rings (SSSR count). The number of urea groups is 1. The number of carbonyl (C=O) groups excluding carboxylic acids is 2. The molecule has 0 radical (unpaired) electrons. The molecular weight excluding hydrogens is 256 g/mol. The maximum Gasteiger partial charge on any atom is 0.337 e. The van der Waals surface area contributed by atoms with Crippen molar-refractivity contribution in [2.24, 2.45) is 0 Å². The Hall–Kier alpha value is -1.89. The molecule has 92 valence electrons. The van der Waals surface area contributed by atoms with Gasteiger partial charge < -0.3 is 5.32 Å². The Morgan fingerprint density at radius 2 is 1.71 bits per heavy atom. The summed E-state index contributed by atoms with van der Waals surface area (Å²) in [6.45, 7) is 0. The first-order valence-corrected chi connectivity index (χ1v) is 4.92. The lowest BCUT2D eigenvalue weighted by atomic mass is 10.3. The van der Waals surface area contributed by atoms with E-state index in [1.165, 1.54) is 0 Å². The van der Waals surface area contributed by atoms with Crippen LogP contribution in [-0.4, -0.2) is 17.8 Å². The summed E-state index contributed by atoms with van der Waals surface area (Å²) in [6, 6.07) is 1.66. The van der Waals surface area contributed by atoms with Crippen molar-refractivity contribution >= 4 is 29.2 Å². The van der Waals surface area contributed by atoms with Crippen molar-refractivity contribution in [1.29, 1.82) is 0 Å². The topological polar surface area (TPSA) is 70.2 Å². The highest BCUT2D eigenvalue weighted by atomic mass is 35.5. The molecule has 0 aliphatic heterocycles. The minimum absolute atomic E-state index is 0.0832. The maximum atomic E-state index is 12.7. The molecular formula is C9H8ClF2N3O2. The van der Waals surface area contributed by atoms with Crippen molar-refractivity contribution in [3.05, 3.63) is 29.8 Å². The molecule has 0 saturated heterocycles. The molecule has 0 aromatic heterocycles. The molecule has 8 heteroatoms. The molecule has 1 aromatic rings. The number of amides is 3. The minimum Gasteiger partial charge on any atom is -0.306 e. The summed E-state index contributed by atoms with van der Waals surface area (Å²) in [4.78, 5) is 21.8. The average molecular weight is 264 g/mol. The number of hydrogen-bond acceptors (Lipinski definition) is 2. The Balaban J connectivity index is 2.53. The predicted octanol–water partition coefficient (Wildman–Crippen LogP) is 1.36. The van der Waals surface area contributed by atoms with E-state index < -0.39 is 23.6 Å². The zero-order valence-electron chi connectivity index (χ0n) is 8.39. The zero-order valence-corrected chi connectivity index (χ0v) is 9.15. The van der Waals surface area contributed by atoms with E-state index in [1.54, 1.807) is 0 Å². The Kier molecular flexibility index (Phi) is 4.65. The molecule has 0 aliphatic carbocycles. The van der Waals surface area contributed by atoms with E-state index in [2.05, 4.69) is 5.32 Å². The van der Waals surface area contributed by atoms with Crippen molar-refractivity contribution in [3.8, 4) is 0 Å². The van der Waals surface area contributed by atoms with Crippen molar-refractivity contribution in [2.75, 3.05) is 11.2 Å². The second-order valence-electron chi connectivity index (χ2n) is 2.92. The standard InChI is InChI=1S/C9H8ClF2N3O2/c10-4-8(16)14-15-9(17)13-7-2-5(11)1-6(12)3-7/h1-3H,4H2,(H,14,16)(H2,13,15,17). The van der Waals surface area contributed by atoms with Gasteiger partial charge in [-0.25, -0.2) is 19.0 Å². The zero-order chi connectivity index (χ0) is 12.8. The van der Waals surface area contributed by atoms with Crippen LogP contribution >= 0.6 is 11.6 Å². The molecule has 5 nitrogen and oxygen atoms in total. The van der Waals surface area contributed by atoms with Gasteiger partial charge in [-0.3, -0.25) is 10.2 Å². The van der Waals surface area contributed by atoms with Gasteiger partial charge in [-0.1, -0.05) is 0 Å². The fourth-order valence-electron chi connectivity index (χ4n) is 0.948. The van der Waals surface area contributed by atoms with Crippen molar-refractivity contribution < 1.29 is 18.4 Å². The van der Waals surface area contributed by atoms with E-state index in [1.807, 2.05) is 10.9 Å². The van der Waals surface area contributed by atoms with Crippen LogP contribution in [0.25, 0.3) is 0 Å². The third kappa shape index (κ3) is 4.64. The number of rotatable bonds is 2. The lowest BCUT2D eigenvalue weighted by Crippen LogP contribution is -2.44. The fraction of sp³-hybridized carbons (Fsp3) is 0.111. The summed E-state index contributed by atoms with van der Waals surface area (Å²) in [6.07, 6.45) is 0. The van der Waals surface area contributed by atoms with Crippen LogP contribution in [0.15, 0.2) is 18.2 Å². The molecule has 0 aliphatic rings. The third-order valence-electron chi connectivity index (χ3n) is 1.56. The highest BCUT2D eigenvalue weighted by Gasteiger charge is 2.05. The molecule has 1 aromatic carbocycles. The lowest BCUT2D eigenvalue weighted by molar-refractivity contribution is -0.119. The van der Waals surface area contributed by atoms with Gasteiger partial charge in [0.25, 0.3) is 5.91 Å². The van der Waals surface area contributed by atoms with E-state index in [4.69, 9.17) is 11.6 Å². The van der Waals surface area contributed by atoms with Crippen LogP contribution in [0.4, 0.5) is 19.3 Å². The van der Waals surface area contributed by atoms with Crippen LogP contribution in [0.2, 0.25) is 0 Å². The van der Waals surface area contributed by atoms with E-state index in [9.17, 15) is 18.4 Å². The number of alkyl halides is 1. The van der Waals surface area contributed by atoms with Crippen molar-refractivity contribution in [2.45, 2.75) is 0 Å². The number of nitrogens with one attached hydrogen (secondary N) is 3. The van der Waals surface area contributed by atoms with Gasteiger partial charge in [0.2, 0.25) is 0 Å². The molecule has 0 saturated carbocycles. The first-order valence-electron chi connectivity index (χ1n) is 4.39. The van der Waals surface area contributed by atoms with Gasteiger partial charge in [0, 0.05) is 11.8 Å². The Bertz CT molecular complexity index is 422. The lowest BCUT2D eigenvalue weighted by Gasteiger charge is -2.08. The first-order chi connectivity index (χ1) is 8.01. The van der Waals surface area contributed by atoms with Crippen molar-refractivity contribution in [1.82, 2.24) is 10.9 Å². The Labute approximate surface area is 100 Å². The second-order valence-corrected chi connectivity index (χ2v) is 3.19. The summed E-state index contributed by atoms with van der Waals surface area (Å²) in [5.74, 6) is -2.60. The molecule has 0 heterocycles. The molecule has 0 unspecified atom stereocenters. The van der Waals surface area contributed by atoms with Gasteiger partial charge in [0.1, 0.15) is 17.5 Å². The molecule has 0 atom stereocenters. The number of hydrazine groups is 1. The van der Waals surface area contributed by atoms with Crippen LogP contribution in [0, 0.1) is 11.6 Å². The average Bonchev–Trinajstić information content (AvgIpc) is 2.24. The van der Waals surface area contributed by atoms with Gasteiger partial charge >= 0.3 is 6.03 Å². The number of benzene rings is 1. The minimum atomic E-state index is -0.853. The van der Waals surface area contributed by atoms with E-state index in [-0.39, 0.29) is 11.6 Å². The van der Waals surface area contributed by atoms with Crippen LogP contribution in [0.1, 0.15) is 0 Å². The van der Waals surface area contributed by atoms with Crippen LogP contribution in [0.5, 0.6) is 0 Å². The summed E-state index contributed by atoms with van der Waals surface area (Å²) < 4.78 is 25.5. The molecule has 3 N–H and O–H groups in total. The van der Waals surface area contributed by atoms with E-state index >= 15 is 0 Å². The molecule has 0 fully saturated rings. The fourth-order valence-corrected chi connectivity index (χ4v) is 1.02. The van der Waals surface area contributed by atoms with Crippen molar-refractivity contribution in [3.63, 3.8) is 0 Å². The van der Waals surface area contributed by atoms with Crippen LogP contribution < -0.4 is 16.2 Å².